The molecule has 110 valence electrons. The van der Waals surface area contributed by atoms with Crippen LogP contribution >= 0.6 is 0 Å². The first kappa shape index (κ1) is 14.5. The van der Waals surface area contributed by atoms with Gasteiger partial charge in [0.2, 0.25) is 0 Å². The molecule has 6 heteroatoms. The van der Waals surface area contributed by atoms with Gasteiger partial charge in [-0.15, -0.1) is 0 Å². The fourth-order valence-electron chi connectivity index (χ4n) is 2.33. The lowest BCUT2D eigenvalue weighted by atomic mass is 10.1. The molecule has 0 saturated carbocycles. The Kier molecular flexibility index (Phi) is 4.34. The van der Waals surface area contributed by atoms with Gasteiger partial charge in [-0.05, 0) is 6.07 Å². The molecular formula is C14H21N3O3. The summed E-state index contributed by atoms with van der Waals surface area (Å²) >= 11 is 0. The van der Waals surface area contributed by atoms with Crippen molar-refractivity contribution in [2.24, 2.45) is 5.73 Å². The molecule has 1 aromatic rings. The van der Waals surface area contributed by atoms with Crippen molar-refractivity contribution < 1.29 is 14.3 Å². The van der Waals surface area contributed by atoms with Gasteiger partial charge in [-0.2, -0.15) is 0 Å². The number of rotatable bonds is 5. The lowest BCUT2D eigenvalue weighted by Crippen LogP contribution is -2.35. The molecule has 1 heterocycles. The van der Waals surface area contributed by atoms with Crippen LogP contribution < -0.4 is 15.2 Å². The number of nitrogens with zero attached hydrogens (tertiary/aromatic N) is 2. The van der Waals surface area contributed by atoms with Gasteiger partial charge in [0.05, 0.1) is 20.3 Å². The molecule has 6 nitrogen and oxygen atoms in total. The van der Waals surface area contributed by atoms with Gasteiger partial charge in [0.25, 0.3) is 0 Å². The molecule has 2 N–H and O–H groups in total. The number of methoxy groups -OCH3 is 2. The number of benzene rings is 1. The zero-order valence-corrected chi connectivity index (χ0v) is 12.1. The van der Waals surface area contributed by atoms with Gasteiger partial charge in [-0.3, -0.25) is 0 Å². The molecule has 0 aromatic heterocycles. The van der Waals surface area contributed by atoms with E-state index in [1.54, 1.807) is 37.1 Å². The average Bonchev–Trinajstić information content (AvgIpc) is 2.78. The maximum absolute atomic E-state index is 11.9. The molecule has 1 aliphatic rings. The van der Waals surface area contributed by atoms with Crippen molar-refractivity contribution in [3.8, 4) is 11.5 Å². The Bertz CT molecular complexity index is 493. The minimum absolute atomic E-state index is 0.0212. The fraction of sp³-hybridized carbons (Fsp3) is 0.500. The highest BCUT2D eigenvalue weighted by atomic mass is 16.5. The molecule has 0 bridgehead atoms. The molecule has 2 rings (SSSR count). The number of hydrogen-bond donors (Lipinski definition) is 1. The normalized spacial score (nSPS) is 16.5. The Hall–Kier alpha value is -1.95. The second-order valence-electron chi connectivity index (χ2n) is 4.86. The largest absolute Gasteiger partial charge is 0.497 e. The van der Waals surface area contributed by atoms with Gasteiger partial charge in [0.1, 0.15) is 11.5 Å². The van der Waals surface area contributed by atoms with E-state index in [4.69, 9.17) is 15.2 Å². The molecule has 1 saturated heterocycles. The van der Waals surface area contributed by atoms with Crippen LogP contribution in [0.2, 0.25) is 0 Å². The summed E-state index contributed by atoms with van der Waals surface area (Å²) in [5.41, 5.74) is 7.09. The molecule has 0 radical (unpaired) electrons. The summed E-state index contributed by atoms with van der Waals surface area (Å²) in [6, 6.07) is 5.26. The zero-order chi connectivity index (χ0) is 14.7. The first-order valence-electron chi connectivity index (χ1n) is 6.54. The first-order chi connectivity index (χ1) is 9.56. The van der Waals surface area contributed by atoms with Crippen molar-refractivity contribution in [2.45, 2.75) is 6.04 Å². The summed E-state index contributed by atoms with van der Waals surface area (Å²) in [5, 5.41) is 0. The second-order valence-corrected chi connectivity index (χ2v) is 4.86. The van der Waals surface area contributed by atoms with E-state index in [0.717, 1.165) is 17.9 Å². The van der Waals surface area contributed by atoms with Crippen LogP contribution in [0.3, 0.4) is 0 Å². The highest BCUT2D eigenvalue weighted by molar-refractivity contribution is 5.76. The van der Waals surface area contributed by atoms with E-state index in [9.17, 15) is 4.79 Å². The quantitative estimate of drug-likeness (QED) is 0.875. The van der Waals surface area contributed by atoms with Crippen LogP contribution in [0.4, 0.5) is 4.79 Å². The lowest BCUT2D eigenvalue weighted by Gasteiger charge is -2.22. The Morgan fingerprint density at radius 2 is 2.05 bits per heavy atom. The standard InChI is InChI=1S/C14H21N3O3/c1-16-6-7-17(14(16)18)9-12(15)11-5-4-10(19-2)8-13(11)20-3/h4-5,8,12H,6-7,9,15H2,1-3H3. The number of ether oxygens (including phenoxy) is 2. The average molecular weight is 279 g/mol. The van der Waals surface area contributed by atoms with Crippen LogP contribution in [0.25, 0.3) is 0 Å². The SMILES string of the molecule is COc1ccc(C(N)CN2CCN(C)C2=O)c(OC)c1. The van der Waals surface area contributed by atoms with Gasteiger partial charge >= 0.3 is 6.03 Å². The van der Waals surface area contributed by atoms with Gasteiger partial charge in [-0.25, -0.2) is 4.79 Å². The fourth-order valence-corrected chi connectivity index (χ4v) is 2.33. The molecule has 1 aromatic carbocycles. The van der Waals surface area contributed by atoms with E-state index in [-0.39, 0.29) is 12.1 Å². The van der Waals surface area contributed by atoms with Crippen LogP contribution in [0.5, 0.6) is 11.5 Å². The van der Waals surface area contributed by atoms with E-state index in [0.29, 0.717) is 18.8 Å². The summed E-state index contributed by atoms with van der Waals surface area (Å²) < 4.78 is 10.5. The van der Waals surface area contributed by atoms with Crippen LogP contribution in [0.15, 0.2) is 18.2 Å². The van der Waals surface area contributed by atoms with Gasteiger partial charge in [-0.1, -0.05) is 6.07 Å². The molecular weight excluding hydrogens is 258 g/mol. The third-order valence-electron chi connectivity index (χ3n) is 3.56. The number of carbonyl (C=O) groups is 1. The third kappa shape index (κ3) is 2.80. The van der Waals surface area contributed by atoms with Gasteiger partial charge < -0.3 is 25.0 Å². The van der Waals surface area contributed by atoms with Crippen molar-refractivity contribution in [1.82, 2.24) is 9.80 Å². The minimum Gasteiger partial charge on any atom is -0.497 e. The Labute approximate surface area is 119 Å². The summed E-state index contributed by atoms with van der Waals surface area (Å²) in [6.07, 6.45) is 0. The molecule has 2 amide bonds. The molecule has 1 unspecified atom stereocenters. The number of hydrogen-bond acceptors (Lipinski definition) is 4. The second kappa shape index (κ2) is 6.00. The number of likely N-dealkylation sites (N-methyl/N-ethyl adjacent to an activating group) is 1. The van der Waals surface area contributed by atoms with Gasteiger partial charge in [0, 0.05) is 38.3 Å². The van der Waals surface area contributed by atoms with E-state index in [2.05, 4.69) is 0 Å². The molecule has 1 aliphatic heterocycles. The third-order valence-corrected chi connectivity index (χ3v) is 3.56. The Morgan fingerprint density at radius 3 is 2.60 bits per heavy atom. The smallest absolute Gasteiger partial charge is 0.319 e. The van der Waals surface area contributed by atoms with E-state index in [1.165, 1.54) is 0 Å². The maximum Gasteiger partial charge on any atom is 0.319 e. The minimum atomic E-state index is -0.286. The van der Waals surface area contributed by atoms with Gasteiger partial charge in [0.15, 0.2) is 0 Å². The lowest BCUT2D eigenvalue weighted by molar-refractivity contribution is 0.196. The molecule has 0 spiro atoms. The van der Waals surface area contributed by atoms with Crippen molar-refractivity contribution >= 4 is 6.03 Å². The summed E-state index contributed by atoms with van der Waals surface area (Å²) in [7, 11) is 4.99. The summed E-state index contributed by atoms with van der Waals surface area (Å²) in [4.78, 5) is 15.3. The Morgan fingerprint density at radius 1 is 1.30 bits per heavy atom. The highest BCUT2D eigenvalue weighted by Gasteiger charge is 2.27. The van der Waals surface area contributed by atoms with Crippen molar-refractivity contribution in [2.75, 3.05) is 40.9 Å². The highest BCUT2D eigenvalue weighted by Crippen LogP contribution is 2.29. The maximum atomic E-state index is 11.9. The van der Waals surface area contributed by atoms with Crippen molar-refractivity contribution in [3.63, 3.8) is 0 Å². The van der Waals surface area contributed by atoms with Crippen LogP contribution in [-0.2, 0) is 0 Å². The topological polar surface area (TPSA) is 68.0 Å². The van der Waals surface area contributed by atoms with Crippen LogP contribution in [0, 0.1) is 0 Å². The first-order valence-corrected chi connectivity index (χ1v) is 6.54. The number of nitrogens with two attached hydrogens (primary N) is 1. The molecule has 0 aliphatic carbocycles. The summed E-state index contributed by atoms with van der Waals surface area (Å²) in [6.45, 7) is 1.93. The number of amides is 2. The number of urea groups is 1. The van der Waals surface area contributed by atoms with E-state index in [1.807, 2.05) is 12.1 Å². The summed E-state index contributed by atoms with van der Waals surface area (Å²) in [5.74, 6) is 1.40. The molecule has 1 fully saturated rings. The van der Waals surface area contributed by atoms with Crippen molar-refractivity contribution in [3.05, 3.63) is 23.8 Å². The van der Waals surface area contributed by atoms with E-state index >= 15 is 0 Å². The predicted octanol–water partition coefficient (Wildman–Crippen LogP) is 1.07. The monoisotopic (exact) mass is 279 g/mol. The van der Waals surface area contributed by atoms with Crippen molar-refractivity contribution in [1.29, 1.82) is 0 Å². The number of carbonyl (C=O) groups excluding carboxylic acids is 1. The molecule has 20 heavy (non-hydrogen) atoms. The molecule has 1 atom stereocenters. The van der Waals surface area contributed by atoms with Crippen LogP contribution in [0.1, 0.15) is 11.6 Å². The van der Waals surface area contributed by atoms with Crippen LogP contribution in [-0.4, -0.2) is 56.7 Å². The zero-order valence-electron chi connectivity index (χ0n) is 12.1. The Balaban J connectivity index is 2.12. The van der Waals surface area contributed by atoms with E-state index < -0.39 is 0 Å². The predicted molar refractivity (Wildman–Crippen MR) is 76.1 cm³/mol.